The normalized spacial score (nSPS) is 21.3. The number of nitrogens with one attached hydrogen (secondary N) is 3. The van der Waals surface area contributed by atoms with Crippen molar-refractivity contribution in [2.75, 3.05) is 69.8 Å². The number of aliphatic hydroxyl groups excluding tert-OH is 2. The highest BCUT2D eigenvalue weighted by atomic mass is 32.2. The van der Waals surface area contributed by atoms with Crippen LogP contribution in [-0.2, 0) is 50.7 Å². The molecule has 60 heavy (non-hydrogen) atoms. The van der Waals surface area contributed by atoms with Crippen molar-refractivity contribution in [2.45, 2.75) is 64.3 Å². The largest absolute Gasteiger partial charge is 0.481 e. The van der Waals surface area contributed by atoms with Gasteiger partial charge in [0.25, 0.3) is 0 Å². The van der Waals surface area contributed by atoms with E-state index in [1.807, 2.05) is 6.92 Å². The number of hydrogen-bond donors (Lipinski definition) is 11. The second-order valence-corrected chi connectivity index (χ2v) is 19.0. The summed E-state index contributed by atoms with van der Waals surface area (Å²) in [6.45, 7) is 5.04. The molecule has 0 aliphatic carbocycles. The van der Waals surface area contributed by atoms with Crippen LogP contribution in [0, 0.1) is 5.41 Å². The number of thioether (sulfide) groups is 1. The first kappa shape index (κ1) is 51.6. The fourth-order valence-electron chi connectivity index (χ4n) is 5.07. The number of carbonyl (C=O) groups excluding carboxylic acids is 2. The summed E-state index contributed by atoms with van der Waals surface area (Å²) in [5, 5.41) is 33.8. The Morgan fingerprint density at radius 2 is 1.78 bits per heavy atom. The Morgan fingerprint density at radius 3 is 2.48 bits per heavy atom. The quantitative estimate of drug-likeness (QED) is 0.0199. The monoisotopic (exact) mass is 938 g/mol. The van der Waals surface area contributed by atoms with Crippen molar-refractivity contribution >= 4 is 69.7 Å². The Hall–Kier alpha value is -2.72. The molecular weight excluding hydrogens is 885 g/mol. The van der Waals surface area contributed by atoms with Crippen LogP contribution in [0.1, 0.15) is 39.8 Å². The van der Waals surface area contributed by atoms with E-state index in [2.05, 4.69) is 44.9 Å². The first-order chi connectivity index (χ1) is 28.1. The van der Waals surface area contributed by atoms with Crippen molar-refractivity contribution in [1.29, 1.82) is 0 Å². The summed E-state index contributed by atoms with van der Waals surface area (Å²) in [6, 6.07) is 0. The highest BCUT2D eigenvalue weighted by Gasteiger charge is 2.50. The number of rotatable bonds is 28. The summed E-state index contributed by atoms with van der Waals surface area (Å²) in [6.07, 6.45) is -5.95. The summed E-state index contributed by atoms with van der Waals surface area (Å²) in [7, 11) is -16.4. The molecule has 27 nitrogen and oxygen atoms in total. The summed E-state index contributed by atoms with van der Waals surface area (Å²) >= 11 is 1.53. The molecule has 1 aliphatic heterocycles. The lowest BCUT2D eigenvalue weighted by Gasteiger charge is -2.30. The maximum Gasteiger partial charge on any atom is 0.481 e. The Balaban J connectivity index is 1.41. The van der Waals surface area contributed by atoms with E-state index in [9.17, 15) is 53.1 Å². The smallest absolute Gasteiger partial charge is 0.394 e. The molecule has 7 atom stereocenters. The second-order valence-electron chi connectivity index (χ2n) is 13.7. The van der Waals surface area contributed by atoms with Crippen molar-refractivity contribution in [3.05, 3.63) is 12.7 Å². The molecule has 342 valence electrons. The molecule has 2 unspecified atom stereocenters. The summed E-state index contributed by atoms with van der Waals surface area (Å²) < 4.78 is 62.3. The Bertz CT molecular complexity index is 1890. The zero-order valence-corrected chi connectivity index (χ0v) is 36.3. The average molecular weight is 939 g/mol. The minimum absolute atomic E-state index is 0.0333. The third kappa shape index (κ3) is 17.2. The van der Waals surface area contributed by atoms with Crippen molar-refractivity contribution < 1.29 is 80.5 Å². The third-order valence-electron chi connectivity index (χ3n) is 8.11. The number of aliphatic hydroxyl groups is 2. The lowest BCUT2D eigenvalue weighted by Crippen LogP contribution is -2.46. The topological polar surface area (TPSA) is 406 Å². The molecule has 0 radical (unpaired) electrons. The predicted octanol–water partition coefficient (Wildman–Crippen LogP) is -1.53. The van der Waals surface area contributed by atoms with E-state index in [4.69, 9.17) is 30.1 Å². The van der Waals surface area contributed by atoms with Crippen LogP contribution in [0.25, 0.3) is 11.2 Å². The zero-order chi connectivity index (χ0) is 44.7. The van der Waals surface area contributed by atoms with Gasteiger partial charge in [0.15, 0.2) is 17.7 Å². The van der Waals surface area contributed by atoms with Gasteiger partial charge in [-0.2, -0.15) is 16.1 Å². The number of imidazole rings is 1. The van der Waals surface area contributed by atoms with Gasteiger partial charge >= 0.3 is 23.5 Å². The molecule has 31 heteroatoms. The van der Waals surface area contributed by atoms with Crippen LogP contribution >= 0.6 is 35.2 Å². The van der Waals surface area contributed by atoms with Crippen molar-refractivity contribution in [3.8, 4) is 0 Å². The van der Waals surface area contributed by atoms with Crippen LogP contribution in [0.15, 0.2) is 17.8 Å². The minimum atomic E-state index is -5.57. The number of fused-ring (bicyclic) bond motifs is 1. The van der Waals surface area contributed by atoms with Gasteiger partial charge in [-0.25, -0.2) is 28.6 Å². The number of hydrogen-bond acceptors (Lipinski definition) is 21. The maximum atomic E-state index is 12.7. The molecule has 0 bridgehead atoms. The standard InChI is InChI=1S/C29H53N10O17P3S/c1-18(38-51-11-9-32-7-4-6-30)14-60-12-10-33-20(40)5-8-34-27(43)24(42)29(2,3)15-53-59(49,50)56-58(47,48)52-13-19-23(55-57(44,45)46)22(41)28(54-19)39-17-37-21-25(31)35-16-36-26(21)39/h16-17,19,22-24,28,32,41-42H,4-15,30H2,1-3H3,(H,33,40)(H,34,43)(H,47,48)(H,49,50)(H2,31,35,36)(H2,44,45,46)/b38-18+/t19-,22-,23-,24-,28-/m1/s1. The third-order valence-corrected chi connectivity index (χ3v) is 12.3. The van der Waals surface area contributed by atoms with E-state index in [0.717, 1.165) is 35.9 Å². The molecule has 2 amide bonds. The minimum Gasteiger partial charge on any atom is -0.394 e. The van der Waals surface area contributed by atoms with Crippen LogP contribution in [0.4, 0.5) is 5.82 Å². The number of anilines is 1. The summed E-state index contributed by atoms with van der Waals surface area (Å²) in [5.41, 5.74) is 10.5. The molecule has 0 spiro atoms. The molecule has 13 N–H and O–H groups in total. The zero-order valence-electron chi connectivity index (χ0n) is 32.8. The van der Waals surface area contributed by atoms with Crippen molar-refractivity contribution in [3.63, 3.8) is 0 Å². The van der Waals surface area contributed by atoms with Gasteiger partial charge in [-0.15, -0.1) is 0 Å². The number of phosphoric acid groups is 3. The molecule has 3 rings (SSSR count). The van der Waals surface area contributed by atoms with Crippen molar-refractivity contribution in [1.82, 2.24) is 35.5 Å². The van der Waals surface area contributed by atoms with Gasteiger partial charge < -0.3 is 66.8 Å². The van der Waals surface area contributed by atoms with Crippen LogP contribution in [0.5, 0.6) is 0 Å². The molecule has 1 aliphatic rings. The highest BCUT2D eigenvalue weighted by Crippen LogP contribution is 2.61. The molecule has 1 saturated heterocycles. The maximum absolute atomic E-state index is 12.7. The summed E-state index contributed by atoms with van der Waals surface area (Å²) in [4.78, 5) is 81.1. The van der Waals surface area contributed by atoms with Gasteiger partial charge in [-0.1, -0.05) is 19.0 Å². The van der Waals surface area contributed by atoms with E-state index in [1.165, 1.54) is 25.6 Å². The lowest BCUT2D eigenvalue weighted by atomic mass is 9.87. The van der Waals surface area contributed by atoms with E-state index in [-0.39, 0.29) is 35.9 Å². The lowest BCUT2D eigenvalue weighted by molar-refractivity contribution is -0.137. The van der Waals surface area contributed by atoms with E-state index in [1.54, 1.807) is 0 Å². The second kappa shape index (κ2) is 23.6. The number of nitrogens with two attached hydrogens (primary N) is 2. The van der Waals surface area contributed by atoms with Crippen LogP contribution in [0.3, 0.4) is 0 Å². The highest BCUT2D eigenvalue weighted by molar-refractivity contribution is 7.99. The van der Waals surface area contributed by atoms with Gasteiger partial charge in [-0.05, 0) is 26.4 Å². The van der Waals surface area contributed by atoms with E-state index >= 15 is 0 Å². The first-order valence-electron chi connectivity index (χ1n) is 18.1. The number of aromatic nitrogens is 4. The molecule has 2 aromatic rings. The molecule has 3 heterocycles. The van der Waals surface area contributed by atoms with E-state index < -0.39 is 78.6 Å². The van der Waals surface area contributed by atoms with E-state index in [0.29, 0.717) is 37.7 Å². The average Bonchev–Trinajstić information content (AvgIpc) is 3.72. The number of amides is 2. The molecular formula is C29H53N10O17P3S. The molecule has 0 aromatic carbocycles. The molecule has 2 aromatic heterocycles. The van der Waals surface area contributed by atoms with Gasteiger partial charge in [0.2, 0.25) is 11.8 Å². The number of phosphoric ester groups is 3. The number of nitrogen functional groups attached to an aromatic ring is 1. The molecule has 0 saturated carbocycles. The van der Waals surface area contributed by atoms with Gasteiger partial charge in [0.1, 0.15) is 42.9 Å². The van der Waals surface area contributed by atoms with Gasteiger partial charge in [0, 0.05) is 43.0 Å². The SMILES string of the molecule is C/C(CSCCNC(=O)CCNC(=O)[C@@H](O)C(C)(C)COP(=O)(O)OP(=O)(O)OC[C@H]1O[C@@H](n2cnc3c(N)ncnc32)[C@H](O)[C@@H]1OP(=O)(O)O)=N\OCCNCCCN. The summed E-state index contributed by atoms with van der Waals surface area (Å²) in [5.74, 6) is -0.186. The van der Waals surface area contributed by atoms with Gasteiger partial charge in [-0.3, -0.25) is 27.7 Å². The number of carbonyl (C=O) groups is 2. The Morgan fingerprint density at radius 1 is 1.07 bits per heavy atom. The van der Waals surface area contributed by atoms with Crippen LogP contribution in [0.2, 0.25) is 0 Å². The van der Waals surface area contributed by atoms with Crippen LogP contribution < -0.4 is 27.4 Å². The molecule has 1 fully saturated rings. The number of ether oxygens (including phenoxy) is 1. The van der Waals surface area contributed by atoms with Crippen molar-refractivity contribution in [2.24, 2.45) is 16.3 Å². The van der Waals surface area contributed by atoms with Gasteiger partial charge in [0.05, 0.1) is 25.3 Å². The number of nitrogens with zero attached hydrogens (tertiary/aromatic N) is 5. The van der Waals surface area contributed by atoms with Crippen LogP contribution in [-0.4, -0.2) is 155 Å². The predicted molar refractivity (Wildman–Crippen MR) is 213 cm³/mol. The Kier molecular flexibility index (Phi) is 20.3. The first-order valence-corrected chi connectivity index (χ1v) is 23.8. The fourth-order valence-corrected chi connectivity index (χ4v) is 8.64. The Labute approximate surface area is 348 Å². The fraction of sp³-hybridized carbons (Fsp3) is 0.724. The number of oxime groups is 1.